The second-order valence-electron chi connectivity index (χ2n) is 9.44. The van der Waals surface area contributed by atoms with Crippen LogP contribution in [0.1, 0.15) is 42.6 Å². The highest BCUT2D eigenvalue weighted by Crippen LogP contribution is 2.30. The fraction of sp³-hybridized carbons (Fsp3) is 0.333. The molecule has 1 atom stereocenters. The van der Waals surface area contributed by atoms with Crippen molar-refractivity contribution in [2.75, 3.05) is 0 Å². The van der Waals surface area contributed by atoms with E-state index in [1.807, 2.05) is 6.07 Å². The minimum Gasteiger partial charge on any atom is -0.459 e. The van der Waals surface area contributed by atoms with Crippen molar-refractivity contribution in [2.45, 2.75) is 51.3 Å². The second-order valence-corrected chi connectivity index (χ2v) is 9.44. The first-order valence-electron chi connectivity index (χ1n) is 12.2. The van der Waals surface area contributed by atoms with Gasteiger partial charge < -0.3 is 10.1 Å². The standard InChI is InChI=1S/C27H26N4O6/c1-16-29-21-10-7-18(14-28-23(33)19-8-9-19)13-20(21)24(34)31(16)27(12-11-22(32)30-25(27)35)26(36)37-15-17-5-3-2-4-6-17/h2-7,10,13,19H,8-9,11-12,14-15H2,1H3,(H,28,33)(H,30,32,35)/t27-/m1/s1. The van der Waals surface area contributed by atoms with E-state index in [1.165, 1.54) is 6.92 Å². The molecule has 1 aromatic heterocycles. The minimum absolute atomic E-state index is 0.0248. The van der Waals surface area contributed by atoms with Crippen LogP contribution in [0.3, 0.4) is 0 Å². The predicted molar refractivity (Wildman–Crippen MR) is 132 cm³/mol. The summed E-state index contributed by atoms with van der Waals surface area (Å²) in [5, 5.41) is 5.24. The number of hydrogen-bond donors (Lipinski definition) is 2. The number of fused-ring (bicyclic) bond motifs is 1. The zero-order valence-electron chi connectivity index (χ0n) is 20.3. The van der Waals surface area contributed by atoms with E-state index in [-0.39, 0.29) is 49.0 Å². The van der Waals surface area contributed by atoms with E-state index in [0.29, 0.717) is 16.6 Å². The molecule has 2 heterocycles. The van der Waals surface area contributed by atoms with Crippen molar-refractivity contribution < 1.29 is 23.9 Å². The summed E-state index contributed by atoms with van der Waals surface area (Å²) in [6.07, 6.45) is 1.37. The molecule has 10 nitrogen and oxygen atoms in total. The fourth-order valence-electron chi connectivity index (χ4n) is 4.62. The van der Waals surface area contributed by atoms with Gasteiger partial charge in [0, 0.05) is 18.9 Å². The first-order chi connectivity index (χ1) is 17.8. The Hall–Kier alpha value is -4.34. The van der Waals surface area contributed by atoms with Crippen LogP contribution in [-0.4, -0.2) is 33.2 Å². The van der Waals surface area contributed by atoms with E-state index in [4.69, 9.17) is 4.74 Å². The molecule has 37 heavy (non-hydrogen) atoms. The smallest absolute Gasteiger partial charge is 0.342 e. The number of nitrogens with one attached hydrogen (secondary N) is 2. The first-order valence-corrected chi connectivity index (χ1v) is 12.2. The number of ether oxygens (including phenoxy) is 1. The molecule has 0 bridgehead atoms. The number of hydrogen-bond acceptors (Lipinski definition) is 7. The highest BCUT2D eigenvalue weighted by atomic mass is 16.5. The highest BCUT2D eigenvalue weighted by molar-refractivity contribution is 6.13. The number of carbonyl (C=O) groups is 4. The summed E-state index contributed by atoms with van der Waals surface area (Å²) in [7, 11) is 0. The third-order valence-corrected chi connectivity index (χ3v) is 6.79. The molecule has 2 N–H and O–H groups in total. The average Bonchev–Trinajstić information content (AvgIpc) is 3.74. The van der Waals surface area contributed by atoms with Crippen LogP contribution in [0.25, 0.3) is 10.9 Å². The van der Waals surface area contributed by atoms with E-state index < -0.39 is 28.9 Å². The Kier molecular flexibility index (Phi) is 6.32. The van der Waals surface area contributed by atoms with E-state index in [9.17, 15) is 24.0 Å². The van der Waals surface area contributed by atoms with Gasteiger partial charge in [0.2, 0.25) is 17.4 Å². The molecule has 1 aliphatic heterocycles. The SMILES string of the molecule is Cc1nc2ccc(CNC(=O)C3CC3)cc2c(=O)n1[C@]1(C(=O)OCc2ccccc2)CCC(=O)NC1=O. The number of nitrogens with zero attached hydrogens (tertiary/aromatic N) is 2. The maximum Gasteiger partial charge on any atom is 0.342 e. The lowest BCUT2D eigenvalue weighted by atomic mass is 9.87. The summed E-state index contributed by atoms with van der Waals surface area (Å²) in [5.74, 6) is -2.25. The Labute approximate surface area is 212 Å². The maximum atomic E-state index is 13.8. The number of imide groups is 1. The molecular weight excluding hydrogens is 476 g/mol. The van der Waals surface area contributed by atoms with Crippen molar-refractivity contribution in [3.05, 3.63) is 75.8 Å². The van der Waals surface area contributed by atoms with Crippen LogP contribution >= 0.6 is 0 Å². The van der Waals surface area contributed by atoms with Gasteiger partial charge in [0.15, 0.2) is 0 Å². The van der Waals surface area contributed by atoms with Crippen molar-refractivity contribution in [1.82, 2.24) is 20.2 Å². The topological polar surface area (TPSA) is 136 Å². The number of carbonyl (C=O) groups excluding carboxylic acids is 4. The number of amides is 3. The largest absolute Gasteiger partial charge is 0.459 e. The molecule has 1 saturated carbocycles. The summed E-state index contributed by atoms with van der Waals surface area (Å²) in [5.41, 5.74) is -0.937. The molecule has 5 rings (SSSR count). The van der Waals surface area contributed by atoms with Gasteiger partial charge in [-0.2, -0.15) is 0 Å². The number of esters is 1. The van der Waals surface area contributed by atoms with Gasteiger partial charge in [-0.3, -0.25) is 29.1 Å². The quantitative estimate of drug-likeness (QED) is 0.285. The van der Waals surface area contributed by atoms with Crippen LogP contribution in [0.5, 0.6) is 0 Å². The van der Waals surface area contributed by atoms with Gasteiger partial charge in [-0.05, 0) is 49.4 Å². The summed E-state index contributed by atoms with van der Waals surface area (Å²) in [4.78, 5) is 69.1. The van der Waals surface area contributed by atoms with Gasteiger partial charge in [-0.25, -0.2) is 9.78 Å². The molecule has 3 amide bonds. The van der Waals surface area contributed by atoms with E-state index in [1.54, 1.807) is 42.5 Å². The first kappa shape index (κ1) is 24.4. The number of aryl methyl sites for hydroxylation is 1. The van der Waals surface area contributed by atoms with Crippen LogP contribution in [0.4, 0.5) is 0 Å². The molecule has 2 aromatic carbocycles. The summed E-state index contributed by atoms with van der Waals surface area (Å²) >= 11 is 0. The van der Waals surface area contributed by atoms with E-state index >= 15 is 0 Å². The Morgan fingerprint density at radius 3 is 2.57 bits per heavy atom. The van der Waals surface area contributed by atoms with Crippen LogP contribution in [0.15, 0.2) is 53.3 Å². The van der Waals surface area contributed by atoms with Gasteiger partial charge >= 0.3 is 5.97 Å². The fourth-order valence-corrected chi connectivity index (χ4v) is 4.62. The molecule has 1 saturated heterocycles. The van der Waals surface area contributed by atoms with Gasteiger partial charge in [0.25, 0.3) is 11.5 Å². The minimum atomic E-state index is -2.10. The van der Waals surface area contributed by atoms with Crippen molar-refractivity contribution in [1.29, 1.82) is 0 Å². The number of rotatable bonds is 7. The van der Waals surface area contributed by atoms with Gasteiger partial charge in [-0.1, -0.05) is 36.4 Å². The summed E-state index contributed by atoms with van der Waals surface area (Å²) in [6, 6.07) is 14.0. The van der Waals surface area contributed by atoms with Crippen molar-refractivity contribution in [3.8, 4) is 0 Å². The lowest BCUT2D eigenvalue weighted by molar-refractivity contribution is -0.164. The van der Waals surface area contributed by atoms with Crippen molar-refractivity contribution >= 4 is 34.6 Å². The molecule has 1 aliphatic carbocycles. The van der Waals surface area contributed by atoms with E-state index in [0.717, 1.165) is 17.4 Å². The maximum absolute atomic E-state index is 13.8. The molecule has 0 radical (unpaired) electrons. The molecular formula is C27H26N4O6. The highest BCUT2D eigenvalue weighted by Gasteiger charge is 2.54. The lowest BCUT2D eigenvalue weighted by Gasteiger charge is -2.35. The van der Waals surface area contributed by atoms with E-state index in [2.05, 4.69) is 15.6 Å². The molecule has 0 unspecified atom stereocenters. The molecule has 0 spiro atoms. The number of piperidine rings is 1. The third-order valence-electron chi connectivity index (χ3n) is 6.79. The summed E-state index contributed by atoms with van der Waals surface area (Å²) < 4.78 is 6.56. The second kappa shape index (κ2) is 9.61. The molecule has 2 aliphatic rings. The van der Waals surface area contributed by atoms with Crippen LogP contribution in [0.2, 0.25) is 0 Å². The molecule has 10 heteroatoms. The summed E-state index contributed by atoms with van der Waals surface area (Å²) in [6.45, 7) is 1.65. The Bertz CT molecular complexity index is 1480. The lowest BCUT2D eigenvalue weighted by Crippen LogP contribution is -2.62. The normalized spacial score (nSPS) is 19.4. The van der Waals surface area contributed by atoms with Gasteiger partial charge in [-0.15, -0.1) is 0 Å². The zero-order valence-corrected chi connectivity index (χ0v) is 20.3. The van der Waals surface area contributed by atoms with Crippen molar-refractivity contribution in [2.24, 2.45) is 5.92 Å². The molecule has 3 aromatic rings. The number of benzene rings is 2. The van der Waals surface area contributed by atoms with Crippen LogP contribution < -0.4 is 16.2 Å². The monoisotopic (exact) mass is 502 g/mol. The van der Waals surface area contributed by atoms with Crippen LogP contribution in [0, 0.1) is 12.8 Å². The Morgan fingerprint density at radius 1 is 1.11 bits per heavy atom. The Balaban J connectivity index is 1.54. The van der Waals surface area contributed by atoms with Crippen LogP contribution in [-0.2, 0) is 42.6 Å². The molecule has 2 fully saturated rings. The van der Waals surface area contributed by atoms with Gasteiger partial charge in [0.1, 0.15) is 12.4 Å². The number of aromatic nitrogens is 2. The van der Waals surface area contributed by atoms with Crippen molar-refractivity contribution in [3.63, 3.8) is 0 Å². The molecule has 190 valence electrons. The average molecular weight is 503 g/mol. The third kappa shape index (κ3) is 4.62. The van der Waals surface area contributed by atoms with Gasteiger partial charge in [0.05, 0.1) is 10.9 Å². The zero-order chi connectivity index (χ0) is 26.2. The Morgan fingerprint density at radius 2 is 1.86 bits per heavy atom. The predicted octanol–water partition coefficient (Wildman–Crippen LogP) is 1.61.